The zero-order valence-electron chi connectivity index (χ0n) is 8.60. The Morgan fingerprint density at radius 2 is 2.13 bits per heavy atom. The van der Waals surface area contributed by atoms with Crippen LogP contribution in [-0.4, -0.2) is 20.8 Å². The minimum absolute atomic E-state index is 0.334. The summed E-state index contributed by atoms with van der Waals surface area (Å²) in [5.41, 5.74) is 0.714. The molecule has 0 saturated heterocycles. The van der Waals surface area contributed by atoms with Crippen LogP contribution in [0.3, 0.4) is 0 Å². The second kappa shape index (κ2) is 4.72. The highest BCUT2D eigenvalue weighted by molar-refractivity contribution is 7.86. The van der Waals surface area contributed by atoms with Crippen LogP contribution in [0.5, 0.6) is 0 Å². The SMILES string of the molecule is CC(Cc1cccc(F)c1)OS(C)(=O)=O. The van der Waals surface area contributed by atoms with E-state index in [1.165, 1.54) is 12.1 Å². The van der Waals surface area contributed by atoms with E-state index in [0.717, 1.165) is 6.26 Å². The first-order valence-electron chi connectivity index (χ1n) is 4.49. The van der Waals surface area contributed by atoms with Gasteiger partial charge in [-0.05, 0) is 31.0 Å². The Balaban J connectivity index is 2.63. The van der Waals surface area contributed by atoms with Gasteiger partial charge in [-0.2, -0.15) is 8.42 Å². The predicted octanol–water partition coefficient (Wildman–Crippen LogP) is 1.73. The first-order chi connectivity index (χ1) is 6.87. The molecule has 3 nitrogen and oxygen atoms in total. The number of hydrogen-bond acceptors (Lipinski definition) is 3. The highest BCUT2D eigenvalue weighted by Gasteiger charge is 2.11. The molecule has 1 aromatic carbocycles. The Morgan fingerprint density at radius 3 is 2.67 bits per heavy atom. The number of rotatable bonds is 4. The van der Waals surface area contributed by atoms with Crippen molar-refractivity contribution in [3.63, 3.8) is 0 Å². The molecule has 0 spiro atoms. The van der Waals surface area contributed by atoms with Gasteiger partial charge >= 0.3 is 0 Å². The lowest BCUT2D eigenvalue weighted by molar-refractivity contribution is 0.231. The molecule has 1 rings (SSSR count). The molecule has 0 aliphatic heterocycles. The summed E-state index contributed by atoms with van der Waals surface area (Å²) >= 11 is 0. The molecule has 0 saturated carbocycles. The minimum atomic E-state index is -3.45. The van der Waals surface area contributed by atoms with Crippen LogP contribution in [0.15, 0.2) is 24.3 Å². The Bertz CT molecular complexity index is 428. The van der Waals surface area contributed by atoms with E-state index in [4.69, 9.17) is 4.18 Å². The van der Waals surface area contributed by atoms with Gasteiger partial charge in [0.2, 0.25) is 0 Å². The molecule has 0 aliphatic rings. The van der Waals surface area contributed by atoms with Crippen molar-refractivity contribution in [2.45, 2.75) is 19.4 Å². The largest absolute Gasteiger partial charge is 0.267 e. The molecule has 0 aromatic heterocycles. The van der Waals surface area contributed by atoms with Crippen LogP contribution in [0.2, 0.25) is 0 Å². The van der Waals surface area contributed by atoms with Crippen LogP contribution >= 0.6 is 0 Å². The fraction of sp³-hybridized carbons (Fsp3) is 0.400. The van der Waals surface area contributed by atoms with E-state index >= 15 is 0 Å². The van der Waals surface area contributed by atoms with Gasteiger partial charge in [0.15, 0.2) is 0 Å². The average molecular weight is 232 g/mol. The lowest BCUT2D eigenvalue weighted by Gasteiger charge is -2.10. The molecule has 0 radical (unpaired) electrons. The maximum atomic E-state index is 12.8. The average Bonchev–Trinajstić information content (AvgIpc) is 1.99. The third-order valence-electron chi connectivity index (χ3n) is 1.75. The van der Waals surface area contributed by atoms with Crippen LogP contribution in [-0.2, 0) is 20.7 Å². The zero-order chi connectivity index (χ0) is 11.5. The Morgan fingerprint density at radius 1 is 1.47 bits per heavy atom. The van der Waals surface area contributed by atoms with E-state index in [0.29, 0.717) is 12.0 Å². The lowest BCUT2D eigenvalue weighted by Crippen LogP contribution is -2.16. The van der Waals surface area contributed by atoms with Gasteiger partial charge in [-0.15, -0.1) is 0 Å². The second-order valence-electron chi connectivity index (χ2n) is 3.45. The first kappa shape index (κ1) is 12.1. The molecule has 1 atom stereocenters. The summed E-state index contributed by atoms with van der Waals surface area (Å²) in [5, 5.41) is 0. The van der Waals surface area contributed by atoms with Crippen LogP contribution < -0.4 is 0 Å². The Labute approximate surface area is 89.0 Å². The Hall–Kier alpha value is -0.940. The number of hydrogen-bond donors (Lipinski definition) is 0. The van der Waals surface area contributed by atoms with Gasteiger partial charge in [-0.3, -0.25) is 4.18 Å². The smallest absolute Gasteiger partial charge is 0.264 e. The monoisotopic (exact) mass is 232 g/mol. The van der Waals surface area contributed by atoms with Gasteiger partial charge in [-0.25, -0.2) is 4.39 Å². The highest BCUT2D eigenvalue weighted by atomic mass is 32.2. The van der Waals surface area contributed by atoms with Gasteiger partial charge in [0.1, 0.15) is 5.82 Å². The zero-order valence-corrected chi connectivity index (χ0v) is 9.42. The van der Waals surface area contributed by atoms with Gasteiger partial charge in [0, 0.05) is 0 Å². The van der Waals surface area contributed by atoms with Gasteiger partial charge < -0.3 is 0 Å². The summed E-state index contributed by atoms with van der Waals surface area (Å²) in [4.78, 5) is 0. The molecule has 15 heavy (non-hydrogen) atoms. The minimum Gasteiger partial charge on any atom is -0.267 e. The van der Waals surface area contributed by atoms with Crippen LogP contribution in [0.4, 0.5) is 4.39 Å². The first-order valence-corrected chi connectivity index (χ1v) is 6.31. The number of benzene rings is 1. The predicted molar refractivity (Wildman–Crippen MR) is 55.5 cm³/mol. The molecule has 0 N–H and O–H groups in total. The molecule has 84 valence electrons. The molecule has 1 unspecified atom stereocenters. The molecule has 1 aromatic rings. The topological polar surface area (TPSA) is 43.4 Å². The van der Waals surface area contributed by atoms with Crippen molar-refractivity contribution in [3.05, 3.63) is 35.6 Å². The summed E-state index contributed by atoms with van der Waals surface area (Å²) in [6, 6.07) is 6.01. The van der Waals surface area contributed by atoms with Crippen LogP contribution in [0.1, 0.15) is 12.5 Å². The molecule has 0 aliphatic carbocycles. The Kier molecular flexibility index (Phi) is 3.82. The van der Waals surface area contributed by atoms with E-state index in [1.807, 2.05) is 0 Å². The van der Waals surface area contributed by atoms with Crippen molar-refractivity contribution in [3.8, 4) is 0 Å². The summed E-state index contributed by atoms with van der Waals surface area (Å²) in [7, 11) is -3.45. The molecular formula is C10H13FO3S. The summed E-state index contributed by atoms with van der Waals surface area (Å²) in [5.74, 6) is -0.334. The van der Waals surface area contributed by atoms with Gasteiger partial charge in [-0.1, -0.05) is 12.1 Å². The van der Waals surface area contributed by atoms with Crippen LogP contribution in [0.25, 0.3) is 0 Å². The van der Waals surface area contributed by atoms with Crippen molar-refractivity contribution in [1.29, 1.82) is 0 Å². The third kappa shape index (κ3) is 4.90. The summed E-state index contributed by atoms with van der Waals surface area (Å²) < 4.78 is 39.1. The van der Waals surface area contributed by atoms with Crippen molar-refractivity contribution >= 4 is 10.1 Å². The maximum Gasteiger partial charge on any atom is 0.264 e. The standard InChI is InChI=1S/C10H13FO3S/c1-8(14-15(2,12)13)6-9-4-3-5-10(11)7-9/h3-5,7-8H,6H2,1-2H3. The second-order valence-corrected chi connectivity index (χ2v) is 5.05. The van der Waals surface area contributed by atoms with Gasteiger partial charge in [0.05, 0.1) is 12.4 Å². The van der Waals surface area contributed by atoms with Crippen molar-refractivity contribution in [2.24, 2.45) is 0 Å². The van der Waals surface area contributed by atoms with Crippen molar-refractivity contribution in [1.82, 2.24) is 0 Å². The van der Waals surface area contributed by atoms with Crippen molar-refractivity contribution < 1.29 is 17.0 Å². The molecule has 5 heteroatoms. The maximum absolute atomic E-state index is 12.8. The van der Waals surface area contributed by atoms with E-state index < -0.39 is 16.2 Å². The van der Waals surface area contributed by atoms with E-state index in [1.54, 1.807) is 19.1 Å². The third-order valence-corrected chi connectivity index (χ3v) is 2.43. The van der Waals surface area contributed by atoms with E-state index in [2.05, 4.69) is 0 Å². The fourth-order valence-electron chi connectivity index (χ4n) is 1.33. The molecule has 0 amide bonds. The van der Waals surface area contributed by atoms with Gasteiger partial charge in [0.25, 0.3) is 10.1 Å². The molecule has 0 fully saturated rings. The van der Waals surface area contributed by atoms with E-state index in [-0.39, 0.29) is 5.82 Å². The quantitative estimate of drug-likeness (QED) is 0.742. The fourth-order valence-corrected chi connectivity index (χ4v) is 1.99. The summed E-state index contributed by atoms with van der Waals surface area (Å²) in [6.45, 7) is 1.63. The van der Waals surface area contributed by atoms with Crippen LogP contribution in [0, 0.1) is 5.82 Å². The highest BCUT2D eigenvalue weighted by Crippen LogP contribution is 2.09. The molecule has 0 heterocycles. The lowest BCUT2D eigenvalue weighted by atomic mass is 10.1. The molecule has 0 bridgehead atoms. The normalized spacial score (nSPS) is 13.8. The van der Waals surface area contributed by atoms with Crippen molar-refractivity contribution in [2.75, 3.05) is 6.26 Å². The van der Waals surface area contributed by atoms with E-state index in [9.17, 15) is 12.8 Å². The summed E-state index contributed by atoms with van der Waals surface area (Å²) in [6.07, 6.45) is 0.877. The number of halogens is 1. The molecular weight excluding hydrogens is 219 g/mol.